The van der Waals surface area contributed by atoms with Gasteiger partial charge in [-0.3, -0.25) is 28.8 Å². The van der Waals surface area contributed by atoms with Crippen LogP contribution in [0.4, 0.5) is 0 Å². The Morgan fingerprint density at radius 2 is 1.22 bits per heavy atom. The van der Waals surface area contributed by atoms with Crippen LogP contribution in [0.5, 0.6) is 0 Å². The number of rotatable bonds is 9. The first-order valence-corrected chi connectivity index (χ1v) is 34.2. The molecule has 0 saturated heterocycles. The summed E-state index contributed by atoms with van der Waals surface area (Å²) in [7, 11) is 0. The second kappa shape index (κ2) is 23.7. The molecule has 12 aliphatic rings. The second-order valence-electron chi connectivity index (χ2n) is 31.1. The number of hydrogen-bond donors (Lipinski definition) is 1. The lowest BCUT2D eigenvalue weighted by molar-refractivity contribution is -0.185. The number of ketones is 4. The smallest absolute Gasteiger partial charge is 0.303 e. The van der Waals surface area contributed by atoms with Gasteiger partial charge in [-0.05, 0) is 240 Å². The Morgan fingerprint density at radius 1 is 0.651 bits per heavy atom. The molecule has 12 aliphatic carbocycles. The predicted octanol–water partition coefficient (Wildman–Crippen LogP) is 17.0. The summed E-state index contributed by atoms with van der Waals surface area (Å²) in [5.41, 5.74) is 3.62. The van der Waals surface area contributed by atoms with E-state index in [0.29, 0.717) is 64.3 Å². The Morgan fingerprint density at radius 3 is 1.80 bits per heavy atom. The van der Waals surface area contributed by atoms with Crippen molar-refractivity contribution in [2.45, 2.75) is 229 Å². The molecule has 0 unspecified atom stereocenters. The molecule has 8 saturated carbocycles. The molecule has 0 aromatic rings. The third kappa shape index (κ3) is 10.6. The van der Waals surface area contributed by atoms with E-state index in [4.69, 9.17) is 32.7 Å². The summed E-state index contributed by atoms with van der Waals surface area (Å²) in [6.45, 7) is 31.0. The standard InChI is InChI=1S/C28H44O.C24H29ClO4.C23H29ClO4/c1-19(2)20(3)9-10-22(5)26-15-16-27-23(8-7-17-28(26,27)6)12-13-24-18-25(29)14-11-21(24)4;1-12(26)24(29-13(2)27)8-6-16-14-10-20(25)19-11-21(28)15-9-18(15)23(19,4)17(14)5-7-22(16,24)3;1-13(25)23(28-14(2)26)10-7-18-16-12-20(24)19-11-15(27)5-8-21(19,3)17(16)6-9-22(18,23)4/h9-10,12-13,19-20,22,25-27,29H,4,7-8,11,14-18H2,1-3,5-6H3;10-11,14-18H,5-9H2,1-4H3;11-12,16-18H,5-10H2,1-4H3/b10-9+,23-12+,24-13-;;/t20-,22+,25-,26+,27-,28+;14-,15+,16-,17-,18-,22-,23-,24-;16-,17+,18+,21-,22+,23+/m001/s1. The zero-order valence-electron chi connectivity index (χ0n) is 54.3. The average molecular weight is 1220 g/mol. The quantitative estimate of drug-likeness (QED) is 0.176. The van der Waals surface area contributed by atoms with E-state index in [0.717, 1.165) is 99.5 Å². The van der Waals surface area contributed by atoms with Gasteiger partial charge in [0.2, 0.25) is 0 Å². The van der Waals surface area contributed by atoms with Crippen molar-refractivity contribution in [2.24, 2.45) is 104 Å². The van der Waals surface area contributed by atoms with Gasteiger partial charge < -0.3 is 14.6 Å². The first-order chi connectivity index (χ1) is 40.3. The number of halogens is 2. The highest BCUT2D eigenvalue weighted by Gasteiger charge is 2.71. The van der Waals surface area contributed by atoms with Crippen molar-refractivity contribution >= 4 is 58.3 Å². The van der Waals surface area contributed by atoms with Crippen LogP contribution in [0.2, 0.25) is 0 Å². The van der Waals surface area contributed by atoms with E-state index in [2.05, 4.69) is 105 Å². The lowest BCUT2D eigenvalue weighted by atomic mass is 9.47. The number of carbonyl (C=O) groups is 6. The molecule has 0 bridgehead atoms. The number of fused-ring (bicyclic) bond motifs is 13. The largest absolute Gasteiger partial charge is 0.451 e. The summed E-state index contributed by atoms with van der Waals surface area (Å²) in [6.07, 6.45) is 35.4. The number of aliphatic hydroxyl groups excluding tert-OH is 1. The summed E-state index contributed by atoms with van der Waals surface area (Å²) >= 11 is 13.5. The summed E-state index contributed by atoms with van der Waals surface area (Å²) in [5, 5.41) is 11.4. The van der Waals surface area contributed by atoms with Gasteiger partial charge in [0.15, 0.2) is 34.3 Å². The van der Waals surface area contributed by atoms with Crippen LogP contribution in [0.25, 0.3) is 0 Å². The molecular formula is C75H102Cl2O9. The van der Waals surface area contributed by atoms with Crippen LogP contribution >= 0.6 is 23.2 Å². The van der Waals surface area contributed by atoms with Crippen molar-refractivity contribution in [1.82, 2.24) is 0 Å². The number of allylic oxidation sites excluding steroid dienone is 14. The minimum absolute atomic E-state index is 0.0423. The van der Waals surface area contributed by atoms with Crippen LogP contribution in [0.1, 0.15) is 212 Å². The zero-order chi connectivity index (χ0) is 62.6. The maximum Gasteiger partial charge on any atom is 0.303 e. The van der Waals surface area contributed by atoms with Crippen LogP contribution < -0.4 is 0 Å². The van der Waals surface area contributed by atoms with Crippen molar-refractivity contribution in [1.29, 1.82) is 0 Å². The average Bonchev–Trinajstić information content (AvgIpc) is 1.44. The van der Waals surface area contributed by atoms with E-state index >= 15 is 0 Å². The minimum atomic E-state index is -1.03. The van der Waals surface area contributed by atoms with E-state index < -0.39 is 11.2 Å². The third-order valence-corrected chi connectivity index (χ3v) is 27.4. The van der Waals surface area contributed by atoms with Gasteiger partial charge in [0.05, 0.1) is 6.10 Å². The molecule has 470 valence electrons. The fourth-order valence-corrected chi connectivity index (χ4v) is 22.2. The fourth-order valence-electron chi connectivity index (χ4n) is 21.4. The number of ether oxygens (including phenoxy) is 2. The normalized spacial score (nSPS) is 44.2. The van der Waals surface area contributed by atoms with E-state index in [1.54, 1.807) is 25.5 Å². The lowest BCUT2D eigenvalue weighted by Crippen LogP contribution is -2.58. The molecule has 8 fully saturated rings. The first kappa shape index (κ1) is 65.0. The molecule has 1 N–H and O–H groups in total. The molecule has 20 atom stereocenters. The maximum atomic E-state index is 12.8. The van der Waals surface area contributed by atoms with Crippen molar-refractivity contribution in [3.63, 3.8) is 0 Å². The predicted molar refractivity (Wildman–Crippen MR) is 341 cm³/mol. The molecule has 12 rings (SSSR count). The summed E-state index contributed by atoms with van der Waals surface area (Å²) < 4.78 is 11.6. The van der Waals surface area contributed by atoms with Crippen molar-refractivity contribution < 1.29 is 43.3 Å². The highest BCUT2D eigenvalue weighted by molar-refractivity contribution is 6.33. The molecule has 0 aromatic carbocycles. The van der Waals surface area contributed by atoms with Gasteiger partial charge in [0.1, 0.15) is 0 Å². The number of hydrogen-bond acceptors (Lipinski definition) is 9. The highest BCUT2D eigenvalue weighted by atomic mass is 35.5. The second-order valence-corrected chi connectivity index (χ2v) is 31.9. The van der Waals surface area contributed by atoms with Crippen LogP contribution in [0.15, 0.2) is 93.1 Å². The van der Waals surface area contributed by atoms with E-state index in [1.807, 2.05) is 6.08 Å². The van der Waals surface area contributed by atoms with Gasteiger partial charge in [0, 0.05) is 52.5 Å². The van der Waals surface area contributed by atoms with Crippen LogP contribution in [0.3, 0.4) is 0 Å². The van der Waals surface area contributed by atoms with E-state index in [1.165, 1.54) is 57.1 Å². The van der Waals surface area contributed by atoms with Crippen molar-refractivity contribution in [3.8, 4) is 0 Å². The number of Topliss-reactive ketones (excluding diaryl/α,β-unsaturated/α-hetero) is 2. The van der Waals surface area contributed by atoms with Crippen LogP contribution in [-0.2, 0) is 38.2 Å². The summed E-state index contributed by atoms with van der Waals surface area (Å²) in [5.74, 6) is 5.43. The third-order valence-electron chi connectivity index (χ3n) is 26.7. The number of carbonyl (C=O) groups excluding carboxylic acids is 6. The molecule has 0 aliphatic heterocycles. The summed E-state index contributed by atoms with van der Waals surface area (Å²) in [4.78, 5) is 73.8. The molecule has 11 heteroatoms. The minimum Gasteiger partial charge on any atom is -0.451 e. The maximum absolute atomic E-state index is 12.8. The Bertz CT molecular complexity index is 3040. The van der Waals surface area contributed by atoms with Gasteiger partial charge in [-0.2, -0.15) is 0 Å². The molecule has 9 nitrogen and oxygen atoms in total. The molecular weight excluding hydrogens is 1120 g/mol. The Balaban J connectivity index is 0.000000143. The Hall–Kier alpha value is -3.92. The van der Waals surface area contributed by atoms with E-state index in [-0.39, 0.29) is 92.4 Å². The van der Waals surface area contributed by atoms with Gasteiger partial charge in [-0.1, -0.05) is 140 Å². The zero-order valence-corrected chi connectivity index (χ0v) is 55.8. The molecule has 0 spiro atoms. The van der Waals surface area contributed by atoms with Gasteiger partial charge >= 0.3 is 11.9 Å². The van der Waals surface area contributed by atoms with Gasteiger partial charge in [-0.25, -0.2) is 0 Å². The number of esters is 2. The van der Waals surface area contributed by atoms with Gasteiger partial charge in [-0.15, -0.1) is 0 Å². The molecule has 0 radical (unpaired) electrons. The number of aliphatic hydroxyl groups is 1. The van der Waals surface area contributed by atoms with Crippen molar-refractivity contribution in [2.75, 3.05) is 0 Å². The topological polar surface area (TPSA) is 141 Å². The molecule has 86 heavy (non-hydrogen) atoms. The SMILES string of the molecule is C=C1CC[C@H](O)C/C1=C/C=C1\CCC[C@]2(C)[C@@H]([C@H](C)/C=C/[C@H](C)C(C)C)CC[C@@H]12.CC(=O)O[C@]1(C(C)=O)CC[C@H]2[C@@H]3C=C(Cl)C4=CC(=O)CC[C@]4(C)[C@H]3CC[C@@]21C.CC(=O)O[C@]1(C(C)=O)CC[C@H]2[C@@H]3C=C(Cl)C4=CC(=O)[C@@H]5C[C@@H]5[C@]4(C)[C@H]3CC[C@@]21C. The van der Waals surface area contributed by atoms with E-state index in [9.17, 15) is 33.9 Å². The van der Waals surface area contributed by atoms with Crippen LogP contribution in [0, 0.1) is 104 Å². The monoisotopic (exact) mass is 1220 g/mol. The lowest BCUT2D eigenvalue weighted by Gasteiger charge is -2.57. The highest BCUT2D eigenvalue weighted by Crippen LogP contribution is 2.73. The summed E-state index contributed by atoms with van der Waals surface area (Å²) in [6, 6.07) is 0. The van der Waals surface area contributed by atoms with Crippen LogP contribution in [-0.4, -0.2) is 57.5 Å². The molecule has 0 aromatic heterocycles. The molecule has 0 heterocycles. The first-order valence-electron chi connectivity index (χ1n) is 33.4. The fraction of sp³-hybridized carbons (Fsp3) is 0.707. The Kier molecular flexibility index (Phi) is 17.9. The Labute approximate surface area is 525 Å². The van der Waals surface area contributed by atoms with Crippen molar-refractivity contribution in [3.05, 3.63) is 93.1 Å². The molecule has 0 amide bonds. The van der Waals surface area contributed by atoms with Gasteiger partial charge in [0.25, 0.3) is 0 Å².